The van der Waals surface area contributed by atoms with Gasteiger partial charge in [0.15, 0.2) is 0 Å². The number of benzene rings is 1. The van der Waals surface area contributed by atoms with Crippen LogP contribution in [0.5, 0.6) is 0 Å². The van der Waals surface area contributed by atoms with Crippen LogP contribution in [0, 0.1) is 6.92 Å². The zero-order chi connectivity index (χ0) is 14.7. The minimum atomic E-state index is 0.149. The molecular formula is C18H22N2O. The fourth-order valence-corrected chi connectivity index (χ4v) is 3.09. The van der Waals surface area contributed by atoms with Crippen molar-refractivity contribution in [3.63, 3.8) is 0 Å². The van der Waals surface area contributed by atoms with E-state index >= 15 is 0 Å². The fourth-order valence-electron chi connectivity index (χ4n) is 3.09. The van der Waals surface area contributed by atoms with E-state index in [1.165, 1.54) is 22.3 Å². The highest BCUT2D eigenvalue weighted by molar-refractivity contribution is 5.69. The van der Waals surface area contributed by atoms with Gasteiger partial charge in [-0.15, -0.1) is 0 Å². The lowest BCUT2D eigenvalue weighted by Crippen LogP contribution is -2.20. The molecule has 3 heteroatoms. The number of likely N-dealkylation sites (N-methyl/N-ethyl adjacent to an activating group) is 1. The van der Waals surface area contributed by atoms with E-state index in [9.17, 15) is 0 Å². The number of nitrogens with zero attached hydrogens (tertiary/aromatic N) is 1. The monoisotopic (exact) mass is 282 g/mol. The van der Waals surface area contributed by atoms with Crippen LogP contribution in [-0.4, -0.2) is 25.2 Å². The number of ether oxygens (including phenoxy) is 1. The maximum Gasteiger partial charge on any atom is 0.0951 e. The Morgan fingerprint density at radius 2 is 2.24 bits per heavy atom. The predicted molar refractivity (Wildman–Crippen MR) is 85.4 cm³/mol. The smallest absolute Gasteiger partial charge is 0.0951 e. The SMILES string of the molecule is CNCC1OCCCc2c(-c3ccnc(C)c3)cccc21. The van der Waals surface area contributed by atoms with Gasteiger partial charge in [0, 0.05) is 25.0 Å². The molecule has 1 atom stereocenters. The van der Waals surface area contributed by atoms with Gasteiger partial charge in [-0.1, -0.05) is 18.2 Å². The Labute approximate surface area is 126 Å². The van der Waals surface area contributed by atoms with Crippen molar-refractivity contribution in [2.75, 3.05) is 20.2 Å². The highest BCUT2D eigenvalue weighted by Crippen LogP contribution is 2.33. The van der Waals surface area contributed by atoms with Gasteiger partial charge < -0.3 is 10.1 Å². The van der Waals surface area contributed by atoms with Crippen LogP contribution in [-0.2, 0) is 11.2 Å². The van der Waals surface area contributed by atoms with Gasteiger partial charge in [-0.2, -0.15) is 0 Å². The highest BCUT2D eigenvalue weighted by atomic mass is 16.5. The predicted octanol–water partition coefficient (Wildman–Crippen LogP) is 3.28. The standard InChI is InChI=1S/C18H22N2O/c1-13-11-14(8-9-20-13)15-5-3-6-17-16(15)7-4-10-21-18(17)12-19-2/h3,5-6,8-9,11,18-19H,4,7,10,12H2,1-2H3. The van der Waals surface area contributed by atoms with Crippen molar-refractivity contribution in [2.45, 2.75) is 25.9 Å². The van der Waals surface area contributed by atoms with Crippen molar-refractivity contribution < 1.29 is 4.74 Å². The number of hydrogen-bond donors (Lipinski definition) is 1. The number of rotatable bonds is 3. The van der Waals surface area contributed by atoms with Gasteiger partial charge in [0.05, 0.1) is 6.10 Å². The van der Waals surface area contributed by atoms with Crippen LogP contribution in [0.4, 0.5) is 0 Å². The molecule has 1 aliphatic heterocycles. The number of fused-ring (bicyclic) bond motifs is 1. The Bertz CT molecular complexity index is 624. The van der Waals surface area contributed by atoms with Crippen LogP contribution >= 0.6 is 0 Å². The summed E-state index contributed by atoms with van der Waals surface area (Å²) in [6.45, 7) is 3.72. The molecule has 1 aromatic carbocycles. The van der Waals surface area contributed by atoms with Crippen molar-refractivity contribution in [2.24, 2.45) is 0 Å². The molecule has 0 bridgehead atoms. The van der Waals surface area contributed by atoms with Crippen LogP contribution in [0.3, 0.4) is 0 Å². The second-order valence-corrected chi connectivity index (χ2v) is 5.58. The van der Waals surface area contributed by atoms with Gasteiger partial charge in [-0.3, -0.25) is 4.98 Å². The minimum Gasteiger partial charge on any atom is -0.372 e. The third-order valence-electron chi connectivity index (χ3n) is 4.05. The average molecular weight is 282 g/mol. The summed E-state index contributed by atoms with van der Waals surface area (Å²) < 4.78 is 6.01. The lowest BCUT2D eigenvalue weighted by Gasteiger charge is -2.19. The van der Waals surface area contributed by atoms with Crippen molar-refractivity contribution in [3.05, 3.63) is 53.3 Å². The molecule has 21 heavy (non-hydrogen) atoms. The average Bonchev–Trinajstić information content (AvgIpc) is 2.70. The van der Waals surface area contributed by atoms with Gasteiger partial charge >= 0.3 is 0 Å². The van der Waals surface area contributed by atoms with Crippen LogP contribution in [0.25, 0.3) is 11.1 Å². The third-order valence-corrected chi connectivity index (χ3v) is 4.05. The molecule has 1 aliphatic rings. The molecule has 1 unspecified atom stereocenters. The fraction of sp³-hybridized carbons (Fsp3) is 0.389. The highest BCUT2D eigenvalue weighted by Gasteiger charge is 2.21. The molecule has 1 aromatic heterocycles. The zero-order valence-corrected chi connectivity index (χ0v) is 12.7. The zero-order valence-electron chi connectivity index (χ0n) is 12.7. The Morgan fingerprint density at radius 3 is 3.05 bits per heavy atom. The lowest BCUT2D eigenvalue weighted by molar-refractivity contribution is 0.0579. The van der Waals surface area contributed by atoms with E-state index in [4.69, 9.17) is 4.74 Å². The molecular weight excluding hydrogens is 260 g/mol. The van der Waals surface area contributed by atoms with Crippen LogP contribution in [0.15, 0.2) is 36.5 Å². The van der Waals surface area contributed by atoms with Gasteiger partial charge in [0.25, 0.3) is 0 Å². The van der Waals surface area contributed by atoms with Gasteiger partial charge in [0.1, 0.15) is 0 Å². The van der Waals surface area contributed by atoms with E-state index in [-0.39, 0.29) is 6.10 Å². The molecule has 0 amide bonds. The summed E-state index contributed by atoms with van der Waals surface area (Å²) in [7, 11) is 1.98. The summed E-state index contributed by atoms with van der Waals surface area (Å²) in [5.41, 5.74) is 6.39. The Morgan fingerprint density at radius 1 is 1.33 bits per heavy atom. The maximum atomic E-state index is 6.01. The van der Waals surface area contributed by atoms with E-state index in [1.807, 2.05) is 20.2 Å². The molecule has 0 saturated carbocycles. The van der Waals surface area contributed by atoms with Crippen molar-refractivity contribution in [1.29, 1.82) is 0 Å². The van der Waals surface area contributed by atoms with Crippen LogP contribution in [0.2, 0.25) is 0 Å². The molecule has 3 rings (SSSR count). The van der Waals surface area contributed by atoms with Gasteiger partial charge in [0.2, 0.25) is 0 Å². The van der Waals surface area contributed by atoms with Crippen LogP contribution < -0.4 is 5.32 Å². The van der Waals surface area contributed by atoms with Crippen LogP contribution in [0.1, 0.15) is 29.3 Å². The summed E-state index contributed by atoms with van der Waals surface area (Å²) in [5, 5.41) is 3.24. The van der Waals surface area contributed by atoms with E-state index in [0.29, 0.717) is 0 Å². The molecule has 0 fully saturated rings. The van der Waals surface area contributed by atoms with Crippen molar-refractivity contribution >= 4 is 0 Å². The second-order valence-electron chi connectivity index (χ2n) is 5.58. The van der Waals surface area contributed by atoms with Gasteiger partial charge in [-0.05, 0) is 61.2 Å². The van der Waals surface area contributed by atoms with E-state index in [0.717, 1.165) is 31.7 Å². The summed E-state index contributed by atoms with van der Waals surface area (Å²) in [5.74, 6) is 0. The Balaban J connectivity index is 2.09. The molecule has 1 N–H and O–H groups in total. The first-order valence-electron chi connectivity index (χ1n) is 7.60. The molecule has 0 radical (unpaired) electrons. The number of aryl methyl sites for hydroxylation is 1. The first-order chi connectivity index (χ1) is 10.3. The summed E-state index contributed by atoms with van der Waals surface area (Å²) >= 11 is 0. The molecule has 2 heterocycles. The maximum absolute atomic E-state index is 6.01. The first kappa shape index (κ1) is 14.2. The van der Waals surface area contributed by atoms with Crippen molar-refractivity contribution in [3.8, 4) is 11.1 Å². The summed E-state index contributed by atoms with van der Waals surface area (Å²) in [4.78, 5) is 4.31. The van der Waals surface area contributed by atoms with E-state index in [2.05, 4.69) is 40.6 Å². The number of hydrogen-bond acceptors (Lipinski definition) is 3. The normalized spacial score (nSPS) is 18.1. The first-order valence-corrected chi connectivity index (χ1v) is 7.60. The molecule has 0 saturated heterocycles. The summed E-state index contributed by atoms with van der Waals surface area (Å²) in [6, 6.07) is 10.8. The third kappa shape index (κ3) is 2.99. The molecule has 2 aromatic rings. The molecule has 0 aliphatic carbocycles. The lowest BCUT2D eigenvalue weighted by atomic mass is 9.91. The topological polar surface area (TPSA) is 34.1 Å². The number of pyridine rings is 1. The van der Waals surface area contributed by atoms with Crippen molar-refractivity contribution in [1.82, 2.24) is 10.3 Å². The number of nitrogens with one attached hydrogen (secondary N) is 1. The summed E-state index contributed by atoms with van der Waals surface area (Å²) in [6.07, 6.45) is 4.19. The quantitative estimate of drug-likeness (QED) is 0.938. The minimum absolute atomic E-state index is 0.149. The Hall–Kier alpha value is -1.71. The van der Waals surface area contributed by atoms with E-state index < -0.39 is 0 Å². The molecule has 110 valence electrons. The van der Waals surface area contributed by atoms with Gasteiger partial charge in [-0.25, -0.2) is 0 Å². The van der Waals surface area contributed by atoms with E-state index in [1.54, 1.807) is 0 Å². The number of aromatic nitrogens is 1. The second kappa shape index (κ2) is 6.37. The Kier molecular flexibility index (Phi) is 4.32. The largest absolute Gasteiger partial charge is 0.372 e. The molecule has 3 nitrogen and oxygen atoms in total. The molecule has 0 spiro atoms.